The van der Waals surface area contributed by atoms with Crippen molar-refractivity contribution in [2.75, 3.05) is 19.6 Å². The zero-order valence-electron chi connectivity index (χ0n) is 11.8. The topological polar surface area (TPSA) is 42.2 Å². The van der Waals surface area contributed by atoms with Gasteiger partial charge < -0.3 is 5.73 Å². The maximum atomic E-state index is 13.0. The summed E-state index contributed by atoms with van der Waals surface area (Å²) in [5.41, 5.74) is 6.83. The van der Waals surface area contributed by atoms with E-state index in [2.05, 4.69) is 23.7 Å². The Bertz CT molecular complexity index is 393. The van der Waals surface area contributed by atoms with Gasteiger partial charge in [-0.05, 0) is 49.9 Å². The summed E-state index contributed by atoms with van der Waals surface area (Å²) in [5.74, 6) is 0.980. The highest BCUT2D eigenvalue weighted by atomic mass is 19.1. The fourth-order valence-corrected chi connectivity index (χ4v) is 3.01. The molecule has 1 aliphatic heterocycles. The summed E-state index contributed by atoms with van der Waals surface area (Å²) in [4.78, 5) is 6.70. The predicted molar refractivity (Wildman–Crippen MR) is 75.1 cm³/mol. The van der Waals surface area contributed by atoms with E-state index in [0.29, 0.717) is 11.8 Å². The van der Waals surface area contributed by atoms with Crippen LogP contribution in [0.15, 0.2) is 18.3 Å². The summed E-state index contributed by atoms with van der Waals surface area (Å²) >= 11 is 0. The van der Waals surface area contributed by atoms with Crippen LogP contribution in [0, 0.1) is 17.7 Å². The van der Waals surface area contributed by atoms with Crippen LogP contribution in [0.25, 0.3) is 0 Å². The number of hydrogen-bond donors (Lipinski definition) is 1. The van der Waals surface area contributed by atoms with E-state index in [1.165, 1.54) is 18.7 Å². The summed E-state index contributed by atoms with van der Waals surface area (Å²) < 4.78 is 13.0. The van der Waals surface area contributed by atoms with Crippen molar-refractivity contribution >= 4 is 0 Å². The zero-order valence-corrected chi connectivity index (χ0v) is 11.8. The van der Waals surface area contributed by atoms with Gasteiger partial charge in [0.1, 0.15) is 5.82 Å². The molecule has 1 saturated heterocycles. The number of rotatable bonds is 4. The minimum Gasteiger partial charge on any atom is -0.330 e. The maximum absolute atomic E-state index is 13.0. The van der Waals surface area contributed by atoms with Gasteiger partial charge in [-0.15, -0.1) is 0 Å². The molecule has 1 fully saturated rings. The molecule has 0 radical (unpaired) electrons. The Balaban J connectivity index is 2.11. The highest BCUT2D eigenvalue weighted by molar-refractivity contribution is 5.10. The lowest BCUT2D eigenvalue weighted by atomic mass is 9.86. The van der Waals surface area contributed by atoms with Crippen LogP contribution >= 0.6 is 0 Å². The molecule has 0 amide bonds. The second-order valence-electron chi connectivity index (χ2n) is 5.58. The monoisotopic (exact) mass is 265 g/mol. The van der Waals surface area contributed by atoms with Crippen molar-refractivity contribution in [3.8, 4) is 0 Å². The van der Waals surface area contributed by atoms with Crippen molar-refractivity contribution in [1.82, 2.24) is 9.88 Å². The van der Waals surface area contributed by atoms with Crippen LogP contribution in [0.5, 0.6) is 0 Å². The van der Waals surface area contributed by atoms with Crippen molar-refractivity contribution in [2.24, 2.45) is 17.6 Å². The molecule has 0 saturated carbocycles. The third-order valence-corrected chi connectivity index (χ3v) is 4.37. The molecule has 2 rings (SSSR count). The quantitative estimate of drug-likeness (QED) is 0.910. The molecular weight excluding hydrogens is 241 g/mol. The van der Waals surface area contributed by atoms with Crippen molar-refractivity contribution in [1.29, 1.82) is 0 Å². The van der Waals surface area contributed by atoms with Gasteiger partial charge in [-0.3, -0.25) is 9.88 Å². The van der Waals surface area contributed by atoms with Crippen LogP contribution in [0.2, 0.25) is 0 Å². The molecule has 106 valence electrons. The fraction of sp³-hybridized carbons (Fsp3) is 0.667. The number of halogens is 1. The molecule has 1 aromatic rings. The summed E-state index contributed by atoms with van der Waals surface area (Å²) in [6.07, 6.45) is 3.48. The predicted octanol–water partition coefficient (Wildman–Crippen LogP) is 2.59. The lowest BCUT2D eigenvalue weighted by Crippen LogP contribution is -2.44. The first kappa shape index (κ1) is 14.4. The Morgan fingerprint density at radius 1 is 1.53 bits per heavy atom. The molecule has 3 atom stereocenters. The average molecular weight is 265 g/mol. The van der Waals surface area contributed by atoms with E-state index in [-0.39, 0.29) is 11.9 Å². The first-order valence-electron chi connectivity index (χ1n) is 7.21. The van der Waals surface area contributed by atoms with Gasteiger partial charge in [0.15, 0.2) is 0 Å². The number of likely N-dealkylation sites (tertiary alicyclic amines) is 1. The van der Waals surface area contributed by atoms with Crippen molar-refractivity contribution in [3.05, 3.63) is 29.8 Å². The van der Waals surface area contributed by atoms with Gasteiger partial charge in [0, 0.05) is 6.54 Å². The third kappa shape index (κ3) is 3.31. The standard InChI is InChI=1S/C15H24FN3/c1-3-15(14-5-4-13(16)9-18-14)19-7-6-11(2)12(8-17)10-19/h4-5,9,11-12,15H,3,6-8,10,17H2,1-2H3. The van der Waals surface area contributed by atoms with Crippen LogP contribution in [0.3, 0.4) is 0 Å². The van der Waals surface area contributed by atoms with Gasteiger partial charge in [-0.2, -0.15) is 0 Å². The SMILES string of the molecule is CCC(c1ccc(F)cn1)N1CCC(C)C(CN)C1. The third-order valence-electron chi connectivity index (χ3n) is 4.37. The van der Waals surface area contributed by atoms with Crippen LogP contribution in [-0.4, -0.2) is 29.5 Å². The van der Waals surface area contributed by atoms with Gasteiger partial charge in [-0.1, -0.05) is 13.8 Å². The highest BCUT2D eigenvalue weighted by Crippen LogP contribution is 2.30. The number of piperidine rings is 1. The number of nitrogens with two attached hydrogens (primary N) is 1. The highest BCUT2D eigenvalue weighted by Gasteiger charge is 2.29. The molecule has 3 unspecified atom stereocenters. The number of nitrogens with zero attached hydrogens (tertiary/aromatic N) is 2. The molecule has 1 aliphatic rings. The van der Waals surface area contributed by atoms with Crippen LogP contribution in [0.4, 0.5) is 4.39 Å². The molecule has 0 aliphatic carbocycles. The molecule has 0 aromatic carbocycles. The molecule has 2 N–H and O–H groups in total. The Morgan fingerprint density at radius 2 is 2.32 bits per heavy atom. The zero-order chi connectivity index (χ0) is 13.8. The Labute approximate surface area is 115 Å². The molecule has 2 heterocycles. The van der Waals surface area contributed by atoms with E-state index >= 15 is 0 Å². The molecular formula is C15H24FN3. The summed E-state index contributed by atoms with van der Waals surface area (Å²) in [7, 11) is 0. The second kappa shape index (κ2) is 6.44. The molecule has 3 nitrogen and oxygen atoms in total. The first-order chi connectivity index (χ1) is 9.15. The lowest BCUT2D eigenvalue weighted by Gasteiger charge is -2.40. The van der Waals surface area contributed by atoms with Gasteiger partial charge in [0.05, 0.1) is 17.9 Å². The van der Waals surface area contributed by atoms with E-state index in [9.17, 15) is 4.39 Å². The Kier molecular flexibility index (Phi) is 4.88. The van der Waals surface area contributed by atoms with E-state index in [0.717, 1.165) is 31.7 Å². The Morgan fingerprint density at radius 3 is 2.89 bits per heavy atom. The van der Waals surface area contributed by atoms with Gasteiger partial charge >= 0.3 is 0 Å². The number of pyridine rings is 1. The van der Waals surface area contributed by atoms with E-state index in [1.54, 1.807) is 6.07 Å². The molecule has 1 aromatic heterocycles. The number of aromatic nitrogens is 1. The van der Waals surface area contributed by atoms with Crippen LogP contribution < -0.4 is 5.73 Å². The van der Waals surface area contributed by atoms with E-state index in [4.69, 9.17) is 5.73 Å². The minimum atomic E-state index is -0.272. The van der Waals surface area contributed by atoms with Crippen molar-refractivity contribution in [3.63, 3.8) is 0 Å². The summed E-state index contributed by atoms with van der Waals surface area (Å²) in [6, 6.07) is 3.58. The van der Waals surface area contributed by atoms with Crippen LogP contribution in [-0.2, 0) is 0 Å². The summed E-state index contributed by atoms with van der Waals surface area (Å²) in [6.45, 7) is 7.28. The average Bonchev–Trinajstić information content (AvgIpc) is 2.43. The maximum Gasteiger partial charge on any atom is 0.141 e. The molecule has 4 heteroatoms. The molecule has 0 bridgehead atoms. The van der Waals surface area contributed by atoms with Crippen LogP contribution in [0.1, 0.15) is 38.4 Å². The minimum absolute atomic E-state index is 0.272. The van der Waals surface area contributed by atoms with Crippen molar-refractivity contribution < 1.29 is 4.39 Å². The van der Waals surface area contributed by atoms with Crippen molar-refractivity contribution in [2.45, 2.75) is 32.7 Å². The first-order valence-corrected chi connectivity index (χ1v) is 7.21. The normalized spacial score (nSPS) is 26.3. The van der Waals surface area contributed by atoms with E-state index in [1.807, 2.05) is 0 Å². The lowest BCUT2D eigenvalue weighted by molar-refractivity contribution is 0.0866. The van der Waals surface area contributed by atoms with Gasteiger partial charge in [-0.25, -0.2) is 4.39 Å². The van der Waals surface area contributed by atoms with Gasteiger partial charge in [0.25, 0.3) is 0 Å². The summed E-state index contributed by atoms with van der Waals surface area (Å²) in [5, 5.41) is 0. The Hall–Kier alpha value is -1.00. The van der Waals surface area contributed by atoms with Gasteiger partial charge in [0.2, 0.25) is 0 Å². The molecule has 19 heavy (non-hydrogen) atoms. The molecule has 0 spiro atoms. The smallest absolute Gasteiger partial charge is 0.141 e. The number of hydrogen-bond acceptors (Lipinski definition) is 3. The fourth-order valence-electron chi connectivity index (χ4n) is 3.01. The van der Waals surface area contributed by atoms with E-state index < -0.39 is 0 Å². The largest absolute Gasteiger partial charge is 0.330 e. The second-order valence-corrected chi connectivity index (χ2v) is 5.58.